The van der Waals surface area contributed by atoms with E-state index in [1.807, 2.05) is 16.8 Å². The number of rotatable bonds is 4. The van der Waals surface area contributed by atoms with Gasteiger partial charge in [0.1, 0.15) is 11.5 Å². The molecule has 3 heterocycles. The molecule has 102 valence electrons. The van der Waals surface area contributed by atoms with Gasteiger partial charge in [0.2, 0.25) is 5.13 Å². The van der Waals surface area contributed by atoms with E-state index < -0.39 is 0 Å². The Hall–Kier alpha value is -1.95. The van der Waals surface area contributed by atoms with E-state index in [-0.39, 0.29) is 0 Å². The van der Waals surface area contributed by atoms with Crippen molar-refractivity contribution in [1.82, 2.24) is 18.7 Å². The molecule has 0 bridgehead atoms. The van der Waals surface area contributed by atoms with Gasteiger partial charge in [-0.3, -0.25) is 0 Å². The van der Waals surface area contributed by atoms with Crippen LogP contribution in [-0.2, 0) is 6.54 Å². The second-order valence-electron chi connectivity index (χ2n) is 5.29. The number of pyridine rings is 1. The van der Waals surface area contributed by atoms with Gasteiger partial charge in [-0.05, 0) is 37.5 Å². The van der Waals surface area contributed by atoms with Gasteiger partial charge in [-0.2, -0.15) is 4.37 Å². The highest BCUT2D eigenvalue weighted by atomic mass is 32.1. The van der Waals surface area contributed by atoms with E-state index in [1.165, 1.54) is 29.9 Å². The van der Waals surface area contributed by atoms with Crippen molar-refractivity contribution in [3.05, 3.63) is 41.6 Å². The number of hydrogen-bond donors (Lipinski definition) is 1. The monoisotopic (exact) mass is 285 g/mol. The van der Waals surface area contributed by atoms with E-state index in [2.05, 4.69) is 38.7 Å². The molecule has 1 aliphatic carbocycles. The summed E-state index contributed by atoms with van der Waals surface area (Å²) in [5, 5.41) is 4.20. The number of nitrogens with one attached hydrogen (secondary N) is 1. The van der Waals surface area contributed by atoms with Crippen LogP contribution < -0.4 is 5.32 Å². The summed E-state index contributed by atoms with van der Waals surface area (Å²) in [6.07, 6.45) is 6.56. The van der Waals surface area contributed by atoms with Crippen molar-refractivity contribution in [3.8, 4) is 0 Å². The SMILES string of the molecule is Cc1ccn2cc(CNc3nc(C4CC4)ns3)nc2c1. The predicted octanol–water partition coefficient (Wildman–Crippen LogP) is 2.98. The summed E-state index contributed by atoms with van der Waals surface area (Å²) in [6.45, 7) is 2.76. The van der Waals surface area contributed by atoms with E-state index in [0.717, 1.165) is 22.3 Å². The van der Waals surface area contributed by atoms with Gasteiger partial charge in [0.25, 0.3) is 0 Å². The molecule has 0 aromatic carbocycles. The van der Waals surface area contributed by atoms with Crippen LogP contribution >= 0.6 is 11.5 Å². The number of nitrogens with zero attached hydrogens (tertiary/aromatic N) is 4. The number of fused-ring (bicyclic) bond motifs is 1. The zero-order valence-corrected chi connectivity index (χ0v) is 12.0. The van der Waals surface area contributed by atoms with Gasteiger partial charge in [-0.25, -0.2) is 9.97 Å². The molecule has 0 radical (unpaired) electrons. The van der Waals surface area contributed by atoms with Gasteiger partial charge in [-0.15, -0.1) is 0 Å². The first-order chi connectivity index (χ1) is 9.78. The Morgan fingerprint density at radius 1 is 1.40 bits per heavy atom. The van der Waals surface area contributed by atoms with Crippen LogP contribution in [-0.4, -0.2) is 18.7 Å². The highest BCUT2D eigenvalue weighted by Gasteiger charge is 2.27. The minimum atomic E-state index is 0.611. The number of aryl methyl sites for hydroxylation is 1. The topological polar surface area (TPSA) is 55.1 Å². The minimum absolute atomic E-state index is 0.611. The molecule has 0 saturated heterocycles. The third kappa shape index (κ3) is 2.27. The molecule has 1 N–H and O–H groups in total. The Kier molecular flexibility index (Phi) is 2.70. The molecule has 0 aliphatic heterocycles. The average molecular weight is 285 g/mol. The lowest BCUT2D eigenvalue weighted by Crippen LogP contribution is -1.99. The summed E-state index contributed by atoms with van der Waals surface area (Å²) in [5.41, 5.74) is 3.22. The van der Waals surface area contributed by atoms with Crippen LogP contribution in [0.2, 0.25) is 0 Å². The van der Waals surface area contributed by atoms with Crippen LogP contribution in [0.4, 0.5) is 5.13 Å². The van der Waals surface area contributed by atoms with Crippen LogP contribution in [0.15, 0.2) is 24.5 Å². The molecule has 0 unspecified atom stereocenters. The summed E-state index contributed by atoms with van der Waals surface area (Å²) in [5.74, 6) is 1.61. The molecular formula is C14H15N5S. The molecule has 1 fully saturated rings. The van der Waals surface area contributed by atoms with Crippen molar-refractivity contribution in [1.29, 1.82) is 0 Å². The van der Waals surface area contributed by atoms with E-state index in [4.69, 9.17) is 0 Å². The first-order valence-electron chi connectivity index (χ1n) is 6.80. The summed E-state index contributed by atoms with van der Waals surface area (Å²) in [4.78, 5) is 9.12. The Morgan fingerprint density at radius 3 is 3.15 bits per heavy atom. The lowest BCUT2D eigenvalue weighted by Gasteiger charge is -1.96. The number of anilines is 1. The lowest BCUT2D eigenvalue weighted by molar-refractivity contribution is 0.976. The van der Waals surface area contributed by atoms with Crippen molar-refractivity contribution in [2.24, 2.45) is 0 Å². The van der Waals surface area contributed by atoms with Crippen LogP contribution in [0.1, 0.15) is 35.8 Å². The smallest absolute Gasteiger partial charge is 0.202 e. The van der Waals surface area contributed by atoms with Crippen LogP contribution in [0.3, 0.4) is 0 Å². The zero-order chi connectivity index (χ0) is 13.5. The Bertz CT molecular complexity index is 756. The molecule has 0 amide bonds. The van der Waals surface area contributed by atoms with Gasteiger partial charge < -0.3 is 9.72 Å². The molecule has 4 rings (SSSR count). The van der Waals surface area contributed by atoms with Crippen molar-refractivity contribution >= 4 is 22.3 Å². The molecular weight excluding hydrogens is 270 g/mol. The molecule has 5 nitrogen and oxygen atoms in total. The molecule has 20 heavy (non-hydrogen) atoms. The second kappa shape index (κ2) is 4.56. The molecule has 3 aromatic heterocycles. The molecule has 0 spiro atoms. The fraction of sp³-hybridized carbons (Fsp3) is 0.357. The van der Waals surface area contributed by atoms with Crippen LogP contribution in [0.25, 0.3) is 5.65 Å². The summed E-state index contributed by atoms with van der Waals surface area (Å²) >= 11 is 1.44. The third-order valence-corrected chi connectivity index (χ3v) is 4.16. The van der Waals surface area contributed by atoms with E-state index in [0.29, 0.717) is 12.5 Å². The first-order valence-corrected chi connectivity index (χ1v) is 7.57. The van der Waals surface area contributed by atoms with Crippen molar-refractivity contribution in [2.45, 2.75) is 32.2 Å². The fourth-order valence-corrected chi connectivity index (χ4v) is 2.84. The Balaban J connectivity index is 1.48. The van der Waals surface area contributed by atoms with E-state index in [9.17, 15) is 0 Å². The normalized spacial score (nSPS) is 14.8. The third-order valence-electron chi connectivity index (χ3n) is 3.47. The summed E-state index contributed by atoms with van der Waals surface area (Å²) < 4.78 is 6.43. The fourth-order valence-electron chi connectivity index (χ4n) is 2.20. The second-order valence-corrected chi connectivity index (χ2v) is 6.04. The maximum atomic E-state index is 4.60. The van der Waals surface area contributed by atoms with Crippen molar-refractivity contribution < 1.29 is 0 Å². The number of aromatic nitrogens is 4. The van der Waals surface area contributed by atoms with Gasteiger partial charge in [0, 0.05) is 29.8 Å². The molecule has 3 aromatic rings. The van der Waals surface area contributed by atoms with E-state index in [1.54, 1.807) is 0 Å². The van der Waals surface area contributed by atoms with Crippen molar-refractivity contribution in [3.63, 3.8) is 0 Å². The highest BCUT2D eigenvalue weighted by Crippen LogP contribution is 2.39. The number of hydrogen-bond acceptors (Lipinski definition) is 5. The predicted molar refractivity (Wildman–Crippen MR) is 79.1 cm³/mol. The van der Waals surface area contributed by atoms with Crippen LogP contribution in [0, 0.1) is 6.92 Å². The molecule has 0 atom stereocenters. The zero-order valence-electron chi connectivity index (χ0n) is 11.2. The summed E-state index contributed by atoms with van der Waals surface area (Å²) in [6, 6.07) is 4.16. The average Bonchev–Trinajstić information content (AvgIpc) is 3.04. The first kappa shape index (κ1) is 11.8. The maximum absolute atomic E-state index is 4.60. The lowest BCUT2D eigenvalue weighted by atomic mass is 10.3. The van der Waals surface area contributed by atoms with Gasteiger partial charge >= 0.3 is 0 Å². The quantitative estimate of drug-likeness (QED) is 0.800. The Morgan fingerprint density at radius 2 is 2.30 bits per heavy atom. The minimum Gasteiger partial charge on any atom is -0.355 e. The summed E-state index contributed by atoms with van der Waals surface area (Å²) in [7, 11) is 0. The van der Waals surface area contributed by atoms with Gasteiger partial charge in [0.05, 0.1) is 12.2 Å². The van der Waals surface area contributed by atoms with Crippen LogP contribution in [0.5, 0.6) is 0 Å². The molecule has 6 heteroatoms. The van der Waals surface area contributed by atoms with E-state index >= 15 is 0 Å². The van der Waals surface area contributed by atoms with Crippen molar-refractivity contribution in [2.75, 3.05) is 5.32 Å². The maximum Gasteiger partial charge on any atom is 0.202 e. The Labute approximate surface area is 120 Å². The number of imidazole rings is 1. The largest absolute Gasteiger partial charge is 0.355 e. The molecule has 1 aliphatic rings. The molecule has 1 saturated carbocycles. The standard InChI is InChI=1S/C14H15N5S/c1-9-4-5-19-8-11(16-12(19)6-9)7-15-14-17-13(18-20-14)10-2-3-10/h4-6,8,10H,2-3,7H2,1H3,(H,15,17,18). The van der Waals surface area contributed by atoms with Gasteiger partial charge in [-0.1, -0.05) is 0 Å². The van der Waals surface area contributed by atoms with Gasteiger partial charge in [0.15, 0.2) is 0 Å². The highest BCUT2D eigenvalue weighted by molar-refractivity contribution is 7.09.